The molecule has 2 heterocycles. The van der Waals surface area contributed by atoms with Crippen LogP contribution in [0.4, 0.5) is 0 Å². The first-order chi connectivity index (χ1) is 17.0. The Morgan fingerprint density at radius 3 is 2.66 bits per heavy atom. The van der Waals surface area contributed by atoms with Crippen molar-refractivity contribution in [1.82, 2.24) is 9.91 Å². The van der Waals surface area contributed by atoms with Crippen molar-refractivity contribution in [2.45, 2.75) is 44.7 Å². The van der Waals surface area contributed by atoms with Gasteiger partial charge in [-0.15, -0.1) is 0 Å². The van der Waals surface area contributed by atoms with E-state index in [4.69, 9.17) is 19.3 Å². The van der Waals surface area contributed by atoms with Gasteiger partial charge in [0.1, 0.15) is 17.5 Å². The molecule has 2 atom stereocenters. The summed E-state index contributed by atoms with van der Waals surface area (Å²) in [5, 5.41) is 6.34. The Morgan fingerprint density at radius 1 is 1.06 bits per heavy atom. The maximum atomic E-state index is 13.7. The maximum Gasteiger partial charge on any atom is 0.323 e. The number of methoxy groups -OCH3 is 2. The van der Waals surface area contributed by atoms with Gasteiger partial charge in [0.05, 0.1) is 39.1 Å². The van der Waals surface area contributed by atoms with Crippen LogP contribution < -0.4 is 9.47 Å². The maximum absolute atomic E-state index is 13.7. The number of benzene rings is 2. The van der Waals surface area contributed by atoms with E-state index in [0.29, 0.717) is 31.7 Å². The van der Waals surface area contributed by atoms with Crippen LogP contribution >= 0.6 is 0 Å². The molecule has 2 aromatic rings. The lowest BCUT2D eigenvalue weighted by Crippen LogP contribution is -2.49. The number of carbonyl (C=O) groups is 2. The molecule has 186 valence electrons. The first-order valence-electron chi connectivity index (χ1n) is 12.1. The summed E-state index contributed by atoms with van der Waals surface area (Å²) >= 11 is 0. The number of carbonyl (C=O) groups excluding carboxylic acids is 2. The van der Waals surface area contributed by atoms with E-state index in [9.17, 15) is 9.59 Å². The van der Waals surface area contributed by atoms with E-state index >= 15 is 0 Å². The third kappa shape index (κ3) is 5.48. The highest BCUT2D eigenvalue weighted by molar-refractivity contribution is 6.03. The first-order valence-corrected chi connectivity index (χ1v) is 12.1. The van der Waals surface area contributed by atoms with Crippen molar-refractivity contribution in [2.75, 3.05) is 33.9 Å². The van der Waals surface area contributed by atoms with E-state index in [0.717, 1.165) is 35.4 Å². The second-order valence-electron chi connectivity index (χ2n) is 8.71. The Hall–Kier alpha value is -3.39. The molecule has 2 aliphatic heterocycles. The molecular weight excluding hydrogens is 446 g/mol. The number of nitrogens with zero attached hydrogens (tertiary/aromatic N) is 3. The van der Waals surface area contributed by atoms with Crippen molar-refractivity contribution >= 4 is 17.6 Å². The van der Waals surface area contributed by atoms with E-state index < -0.39 is 6.04 Å². The van der Waals surface area contributed by atoms with Gasteiger partial charge >= 0.3 is 5.97 Å². The van der Waals surface area contributed by atoms with Gasteiger partial charge in [-0.05, 0) is 44.5 Å². The van der Waals surface area contributed by atoms with Crippen LogP contribution in [-0.2, 0) is 14.3 Å². The summed E-state index contributed by atoms with van der Waals surface area (Å²) < 4.78 is 16.3. The number of hydrogen-bond acceptors (Lipinski definition) is 7. The number of likely N-dealkylation sites (tertiary alicyclic amines) is 1. The molecule has 2 aliphatic rings. The van der Waals surface area contributed by atoms with Crippen molar-refractivity contribution in [3.8, 4) is 11.5 Å². The van der Waals surface area contributed by atoms with Crippen LogP contribution in [0.15, 0.2) is 53.6 Å². The number of amides is 1. The number of para-hydroxylation sites is 1. The molecule has 0 spiro atoms. The van der Waals surface area contributed by atoms with E-state index in [1.54, 1.807) is 26.2 Å². The number of hydrogen-bond donors (Lipinski definition) is 0. The van der Waals surface area contributed by atoms with Gasteiger partial charge < -0.3 is 14.2 Å². The Bertz CT molecular complexity index is 1090. The van der Waals surface area contributed by atoms with Gasteiger partial charge in [-0.3, -0.25) is 14.5 Å². The minimum Gasteiger partial charge on any atom is -0.497 e. The predicted molar refractivity (Wildman–Crippen MR) is 133 cm³/mol. The van der Waals surface area contributed by atoms with Gasteiger partial charge in [-0.25, -0.2) is 5.01 Å². The minimum absolute atomic E-state index is 0.101. The molecule has 35 heavy (non-hydrogen) atoms. The number of piperidine rings is 1. The molecule has 2 unspecified atom stereocenters. The van der Waals surface area contributed by atoms with Gasteiger partial charge in [0.15, 0.2) is 0 Å². The minimum atomic E-state index is -0.401. The van der Waals surface area contributed by atoms with Crippen LogP contribution in [0.2, 0.25) is 0 Å². The summed E-state index contributed by atoms with van der Waals surface area (Å²) in [5.74, 6) is 1.02. The second kappa shape index (κ2) is 11.4. The first kappa shape index (κ1) is 24.7. The quantitative estimate of drug-likeness (QED) is 0.536. The van der Waals surface area contributed by atoms with E-state index in [2.05, 4.69) is 0 Å². The molecule has 0 saturated carbocycles. The van der Waals surface area contributed by atoms with Crippen LogP contribution in [0, 0.1) is 0 Å². The molecule has 0 radical (unpaired) electrons. The van der Waals surface area contributed by atoms with Crippen LogP contribution in [0.1, 0.15) is 49.8 Å². The zero-order valence-corrected chi connectivity index (χ0v) is 20.6. The van der Waals surface area contributed by atoms with Crippen molar-refractivity contribution in [2.24, 2.45) is 5.10 Å². The Labute approximate surface area is 206 Å². The highest BCUT2D eigenvalue weighted by Gasteiger charge is 2.38. The van der Waals surface area contributed by atoms with E-state index in [-0.39, 0.29) is 24.5 Å². The van der Waals surface area contributed by atoms with Gasteiger partial charge in [0.25, 0.3) is 5.91 Å². The summed E-state index contributed by atoms with van der Waals surface area (Å²) in [4.78, 5) is 28.1. The zero-order chi connectivity index (χ0) is 24.8. The molecule has 8 nitrogen and oxygen atoms in total. The number of rotatable bonds is 8. The van der Waals surface area contributed by atoms with E-state index in [1.165, 1.54) is 0 Å². The summed E-state index contributed by atoms with van der Waals surface area (Å²) in [7, 11) is 3.25. The highest BCUT2D eigenvalue weighted by atomic mass is 16.5. The van der Waals surface area contributed by atoms with Gasteiger partial charge in [0, 0.05) is 17.5 Å². The van der Waals surface area contributed by atoms with Crippen LogP contribution in [0.25, 0.3) is 0 Å². The van der Waals surface area contributed by atoms with Crippen LogP contribution in [-0.4, -0.2) is 67.5 Å². The number of ether oxygens (including phenoxy) is 3. The SMILES string of the molecule is CCOC(=O)C1CCCCN1CC(=O)N1N=C(c2cccc(OC)c2)CC1c1ccccc1OC. The molecule has 1 saturated heterocycles. The summed E-state index contributed by atoms with van der Waals surface area (Å²) in [6, 6.07) is 14.7. The standard InChI is InChI=1S/C27H33N3O5/c1-4-35-27(32)23-13-7-8-15-29(23)18-26(31)30-24(21-12-5-6-14-25(21)34-3)17-22(28-30)19-10-9-11-20(16-19)33-2/h5-6,9-12,14,16,23-24H,4,7-8,13,15,17-18H2,1-3H3. The highest BCUT2D eigenvalue weighted by Crippen LogP contribution is 2.38. The topological polar surface area (TPSA) is 80.7 Å². The predicted octanol–water partition coefficient (Wildman–Crippen LogP) is 3.80. The third-order valence-electron chi connectivity index (χ3n) is 6.58. The molecule has 1 amide bonds. The number of hydrazone groups is 1. The average molecular weight is 480 g/mol. The largest absolute Gasteiger partial charge is 0.497 e. The Balaban J connectivity index is 1.64. The van der Waals surface area contributed by atoms with Crippen molar-refractivity contribution < 1.29 is 23.8 Å². The molecule has 0 aromatic heterocycles. The summed E-state index contributed by atoms with van der Waals surface area (Å²) in [6.07, 6.45) is 3.12. The molecule has 0 N–H and O–H groups in total. The summed E-state index contributed by atoms with van der Waals surface area (Å²) in [5.41, 5.74) is 2.60. The normalized spacial score (nSPS) is 20.3. The molecule has 8 heteroatoms. The van der Waals surface area contributed by atoms with Crippen molar-refractivity contribution in [1.29, 1.82) is 0 Å². The molecule has 0 aliphatic carbocycles. The fourth-order valence-electron chi connectivity index (χ4n) is 4.83. The second-order valence-corrected chi connectivity index (χ2v) is 8.71. The monoisotopic (exact) mass is 479 g/mol. The van der Waals surface area contributed by atoms with Crippen molar-refractivity contribution in [3.63, 3.8) is 0 Å². The Morgan fingerprint density at radius 2 is 1.89 bits per heavy atom. The lowest BCUT2D eigenvalue weighted by Gasteiger charge is -2.34. The fourth-order valence-corrected chi connectivity index (χ4v) is 4.83. The molecular formula is C27H33N3O5. The fraction of sp³-hybridized carbons (Fsp3) is 0.444. The smallest absolute Gasteiger partial charge is 0.323 e. The molecule has 4 rings (SSSR count). The zero-order valence-electron chi connectivity index (χ0n) is 20.6. The third-order valence-corrected chi connectivity index (χ3v) is 6.58. The molecule has 2 aromatic carbocycles. The van der Waals surface area contributed by atoms with Gasteiger partial charge in [-0.1, -0.05) is 36.8 Å². The molecule has 1 fully saturated rings. The number of esters is 1. The lowest BCUT2D eigenvalue weighted by molar-refractivity contribution is -0.152. The summed E-state index contributed by atoms with van der Waals surface area (Å²) in [6.45, 7) is 2.90. The van der Waals surface area contributed by atoms with Crippen LogP contribution in [0.3, 0.4) is 0 Å². The van der Waals surface area contributed by atoms with Crippen molar-refractivity contribution in [3.05, 3.63) is 59.7 Å². The Kier molecular flexibility index (Phi) is 8.02. The average Bonchev–Trinajstić information content (AvgIpc) is 3.35. The van der Waals surface area contributed by atoms with Crippen LogP contribution in [0.5, 0.6) is 11.5 Å². The van der Waals surface area contributed by atoms with Gasteiger partial charge in [0.2, 0.25) is 0 Å². The molecule has 0 bridgehead atoms. The van der Waals surface area contributed by atoms with E-state index in [1.807, 2.05) is 53.4 Å². The lowest BCUT2D eigenvalue weighted by atomic mass is 9.97. The van der Waals surface area contributed by atoms with Gasteiger partial charge in [-0.2, -0.15) is 5.10 Å².